The van der Waals surface area contributed by atoms with E-state index >= 15 is 0 Å². The van der Waals surface area contributed by atoms with Crippen LogP contribution in [0.5, 0.6) is 11.5 Å². The molecule has 2 rings (SSSR count). The molecule has 0 bridgehead atoms. The molecule has 3 nitrogen and oxygen atoms in total. The van der Waals surface area contributed by atoms with Crippen LogP contribution < -0.4 is 15.2 Å². The Morgan fingerprint density at radius 1 is 1.12 bits per heavy atom. The van der Waals surface area contributed by atoms with Crippen LogP contribution in [0.1, 0.15) is 31.9 Å². The Balaban J connectivity index is 2.36. The summed E-state index contributed by atoms with van der Waals surface area (Å²) in [6.07, 6.45) is 1.84. The van der Waals surface area contributed by atoms with Crippen LogP contribution in [-0.4, -0.2) is 18.8 Å². The molecule has 1 aliphatic heterocycles. The van der Waals surface area contributed by atoms with Crippen molar-refractivity contribution in [2.24, 2.45) is 5.73 Å². The van der Waals surface area contributed by atoms with Gasteiger partial charge in [-0.3, -0.25) is 0 Å². The molecule has 0 fully saturated rings. The SMILES string of the molecule is CCc1cc2c(cc1CC(C)(C)N)OCCO2. The van der Waals surface area contributed by atoms with Crippen LogP contribution in [0.25, 0.3) is 0 Å². The second-order valence-corrected chi connectivity index (χ2v) is 5.28. The molecule has 1 aromatic rings. The first-order valence-corrected chi connectivity index (χ1v) is 6.20. The van der Waals surface area contributed by atoms with Gasteiger partial charge < -0.3 is 15.2 Å². The first-order valence-electron chi connectivity index (χ1n) is 6.20. The van der Waals surface area contributed by atoms with Gasteiger partial charge in [0.25, 0.3) is 0 Å². The van der Waals surface area contributed by atoms with Crippen LogP contribution >= 0.6 is 0 Å². The lowest BCUT2D eigenvalue weighted by atomic mass is 9.91. The van der Waals surface area contributed by atoms with E-state index in [4.69, 9.17) is 15.2 Å². The minimum atomic E-state index is -0.201. The predicted octanol–water partition coefficient (Wildman–Crippen LogP) is 2.30. The smallest absolute Gasteiger partial charge is 0.161 e. The number of fused-ring (bicyclic) bond motifs is 1. The van der Waals surface area contributed by atoms with Gasteiger partial charge in [-0.2, -0.15) is 0 Å². The van der Waals surface area contributed by atoms with E-state index in [-0.39, 0.29) is 5.54 Å². The molecule has 0 amide bonds. The molecule has 0 spiro atoms. The van der Waals surface area contributed by atoms with Gasteiger partial charge in [0.1, 0.15) is 13.2 Å². The lowest BCUT2D eigenvalue weighted by molar-refractivity contribution is 0.171. The highest BCUT2D eigenvalue weighted by Gasteiger charge is 2.19. The summed E-state index contributed by atoms with van der Waals surface area (Å²) in [6, 6.07) is 4.18. The highest BCUT2D eigenvalue weighted by Crippen LogP contribution is 2.34. The van der Waals surface area contributed by atoms with Gasteiger partial charge in [-0.1, -0.05) is 6.92 Å². The van der Waals surface area contributed by atoms with E-state index < -0.39 is 0 Å². The third-order valence-electron chi connectivity index (χ3n) is 2.89. The van der Waals surface area contributed by atoms with Crippen molar-refractivity contribution in [3.05, 3.63) is 23.3 Å². The van der Waals surface area contributed by atoms with E-state index in [1.807, 2.05) is 13.8 Å². The second kappa shape index (κ2) is 4.57. The average Bonchev–Trinajstić information content (AvgIpc) is 2.26. The standard InChI is InChI=1S/C14H21NO2/c1-4-10-7-12-13(17-6-5-16-12)8-11(10)9-14(2,3)15/h7-8H,4-6,9,15H2,1-3H3. The van der Waals surface area contributed by atoms with Crippen molar-refractivity contribution in [3.8, 4) is 11.5 Å². The lowest BCUT2D eigenvalue weighted by Crippen LogP contribution is -2.34. The van der Waals surface area contributed by atoms with Gasteiger partial charge in [0, 0.05) is 5.54 Å². The number of rotatable bonds is 3. The Kier molecular flexibility index (Phi) is 3.29. The molecule has 3 heteroatoms. The van der Waals surface area contributed by atoms with Gasteiger partial charge in [-0.15, -0.1) is 0 Å². The van der Waals surface area contributed by atoms with E-state index in [0.717, 1.165) is 24.3 Å². The van der Waals surface area contributed by atoms with Crippen molar-refractivity contribution >= 4 is 0 Å². The Labute approximate surface area is 103 Å². The third kappa shape index (κ3) is 2.91. The summed E-state index contributed by atoms with van der Waals surface area (Å²) in [5.41, 5.74) is 8.46. The van der Waals surface area contributed by atoms with Crippen molar-refractivity contribution in [2.45, 2.75) is 39.2 Å². The Morgan fingerprint density at radius 2 is 1.65 bits per heavy atom. The summed E-state index contributed by atoms with van der Waals surface area (Å²) in [7, 11) is 0. The zero-order valence-electron chi connectivity index (χ0n) is 10.9. The van der Waals surface area contributed by atoms with Crippen molar-refractivity contribution in [1.82, 2.24) is 0 Å². The Hall–Kier alpha value is -1.22. The fourth-order valence-corrected chi connectivity index (χ4v) is 2.16. The number of hydrogen-bond donors (Lipinski definition) is 1. The summed E-state index contributed by atoms with van der Waals surface area (Å²) < 4.78 is 11.2. The van der Waals surface area contributed by atoms with E-state index in [2.05, 4.69) is 19.1 Å². The summed E-state index contributed by atoms with van der Waals surface area (Å²) in [5.74, 6) is 1.72. The minimum absolute atomic E-state index is 0.201. The fourth-order valence-electron chi connectivity index (χ4n) is 2.16. The molecular formula is C14H21NO2. The largest absolute Gasteiger partial charge is 0.486 e. The molecular weight excluding hydrogens is 214 g/mol. The molecule has 0 aromatic heterocycles. The molecule has 0 saturated carbocycles. The zero-order chi connectivity index (χ0) is 12.5. The molecule has 1 aromatic carbocycles. The molecule has 0 aliphatic carbocycles. The predicted molar refractivity (Wildman–Crippen MR) is 68.8 cm³/mol. The number of ether oxygens (including phenoxy) is 2. The number of hydrogen-bond acceptors (Lipinski definition) is 3. The van der Waals surface area contributed by atoms with Crippen molar-refractivity contribution in [1.29, 1.82) is 0 Å². The van der Waals surface area contributed by atoms with Crippen molar-refractivity contribution in [2.75, 3.05) is 13.2 Å². The van der Waals surface area contributed by atoms with E-state index in [0.29, 0.717) is 13.2 Å². The molecule has 1 aliphatic rings. The van der Waals surface area contributed by atoms with Gasteiger partial charge in [0.15, 0.2) is 11.5 Å². The highest BCUT2D eigenvalue weighted by atomic mass is 16.6. The first-order chi connectivity index (χ1) is 7.99. The summed E-state index contributed by atoms with van der Waals surface area (Å²) in [5, 5.41) is 0. The maximum Gasteiger partial charge on any atom is 0.161 e. The van der Waals surface area contributed by atoms with Crippen LogP contribution in [0.15, 0.2) is 12.1 Å². The van der Waals surface area contributed by atoms with Gasteiger partial charge in [-0.25, -0.2) is 0 Å². The molecule has 94 valence electrons. The molecule has 17 heavy (non-hydrogen) atoms. The van der Waals surface area contributed by atoms with Crippen LogP contribution in [0, 0.1) is 0 Å². The van der Waals surface area contributed by atoms with Crippen molar-refractivity contribution in [3.63, 3.8) is 0 Å². The average molecular weight is 235 g/mol. The maximum atomic E-state index is 6.10. The molecule has 0 unspecified atom stereocenters. The monoisotopic (exact) mass is 235 g/mol. The highest BCUT2D eigenvalue weighted by molar-refractivity contribution is 5.48. The van der Waals surface area contributed by atoms with Crippen molar-refractivity contribution < 1.29 is 9.47 Å². The van der Waals surface area contributed by atoms with Gasteiger partial charge in [0.2, 0.25) is 0 Å². The summed E-state index contributed by atoms with van der Waals surface area (Å²) in [4.78, 5) is 0. The van der Waals surface area contributed by atoms with Crippen LogP contribution in [0.4, 0.5) is 0 Å². The molecule has 0 atom stereocenters. The maximum absolute atomic E-state index is 6.10. The molecule has 2 N–H and O–H groups in total. The minimum Gasteiger partial charge on any atom is -0.486 e. The number of aryl methyl sites for hydroxylation is 1. The molecule has 1 heterocycles. The quantitative estimate of drug-likeness (QED) is 0.874. The van der Waals surface area contributed by atoms with E-state index in [1.54, 1.807) is 0 Å². The van der Waals surface area contributed by atoms with Gasteiger partial charge in [-0.05, 0) is 49.9 Å². The third-order valence-corrected chi connectivity index (χ3v) is 2.89. The topological polar surface area (TPSA) is 44.5 Å². The zero-order valence-corrected chi connectivity index (χ0v) is 10.9. The normalized spacial score (nSPS) is 14.8. The van der Waals surface area contributed by atoms with Crippen LogP contribution in [-0.2, 0) is 12.8 Å². The van der Waals surface area contributed by atoms with E-state index in [1.165, 1.54) is 11.1 Å². The lowest BCUT2D eigenvalue weighted by Gasteiger charge is -2.24. The van der Waals surface area contributed by atoms with Crippen LogP contribution in [0.3, 0.4) is 0 Å². The summed E-state index contributed by atoms with van der Waals surface area (Å²) in [6.45, 7) is 7.51. The van der Waals surface area contributed by atoms with Gasteiger partial charge >= 0.3 is 0 Å². The number of benzene rings is 1. The summed E-state index contributed by atoms with van der Waals surface area (Å²) >= 11 is 0. The second-order valence-electron chi connectivity index (χ2n) is 5.28. The Morgan fingerprint density at radius 3 is 2.12 bits per heavy atom. The molecule has 0 radical (unpaired) electrons. The molecule has 0 saturated heterocycles. The van der Waals surface area contributed by atoms with Crippen LogP contribution in [0.2, 0.25) is 0 Å². The first kappa shape index (κ1) is 12.2. The fraction of sp³-hybridized carbons (Fsp3) is 0.571. The van der Waals surface area contributed by atoms with E-state index in [9.17, 15) is 0 Å². The Bertz CT molecular complexity index is 407. The number of nitrogens with two attached hydrogens (primary N) is 1. The van der Waals surface area contributed by atoms with Gasteiger partial charge in [0.05, 0.1) is 0 Å².